The summed E-state index contributed by atoms with van der Waals surface area (Å²) in [5.74, 6) is 0.216. The van der Waals surface area contributed by atoms with Gasteiger partial charge >= 0.3 is 0 Å². The molecule has 0 saturated carbocycles. The molecule has 16 heavy (non-hydrogen) atoms. The first-order valence-electron chi connectivity index (χ1n) is 5.82. The number of rotatable bonds is 7. The summed E-state index contributed by atoms with van der Waals surface area (Å²) in [6.07, 6.45) is 1.17. The van der Waals surface area contributed by atoms with Crippen molar-refractivity contribution in [3.63, 3.8) is 0 Å². The maximum atomic E-state index is 11.5. The Bertz CT molecular complexity index is 219. The van der Waals surface area contributed by atoms with Crippen LogP contribution in [0.5, 0.6) is 0 Å². The predicted octanol–water partition coefficient (Wildman–Crippen LogP) is 1.77. The molecule has 1 aliphatic rings. The Hall–Kier alpha value is -0.130. The third kappa shape index (κ3) is 4.39. The highest BCUT2D eigenvalue weighted by Crippen LogP contribution is 2.18. The van der Waals surface area contributed by atoms with Crippen molar-refractivity contribution in [3.8, 4) is 0 Å². The second kappa shape index (κ2) is 7.25. The van der Waals surface area contributed by atoms with Crippen molar-refractivity contribution in [1.82, 2.24) is 4.90 Å². The molecular weight excluding hydrogens is 274 g/mol. The van der Waals surface area contributed by atoms with E-state index in [2.05, 4.69) is 15.9 Å². The van der Waals surface area contributed by atoms with E-state index in [0.717, 1.165) is 13.0 Å². The largest absolute Gasteiger partial charge is 0.353 e. The van der Waals surface area contributed by atoms with Crippen molar-refractivity contribution < 1.29 is 14.3 Å². The Morgan fingerprint density at radius 1 is 1.44 bits per heavy atom. The molecule has 0 radical (unpaired) electrons. The molecule has 1 heterocycles. The number of ether oxygens (including phenoxy) is 2. The van der Waals surface area contributed by atoms with Crippen LogP contribution in [0.3, 0.4) is 0 Å². The van der Waals surface area contributed by atoms with E-state index >= 15 is 0 Å². The molecule has 1 saturated heterocycles. The highest BCUT2D eigenvalue weighted by molar-refractivity contribution is 9.09. The predicted molar refractivity (Wildman–Crippen MR) is 65.6 cm³/mol. The van der Waals surface area contributed by atoms with Crippen LogP contribution in [0.2, 0.25) is 0 Å². The maximum Gasteiger partial charge on any atom is 0.223 e. The van der Waals surface area contributed by atoms with Gasteiger partial charge in [-0.15, -0.1) is 0 Å². The fraction of sp³-hybridized carbons (Fsp3) is 0.909. The van der Waals surface area contributed by atoms with Crippen LogP contribution in [-0.4, -0.2) is 48.2 Å². The van der Waals surface area contributed by atoms with Gasteiger partial charge in [-0.1, -0.05) is 15.9 Å². The summed E-state index contributed by atoms with van der Waals surface area (Å²) in [6, 6.07) is 0. The maximum absolute atomic E-state index is 11.5. The molecule has 1 aliphatic heterocycles. The fourth-order valence-electron chi connectivity index (χ4n) is 1.79. The van der Waals surface area contributed by atoms with E-state index in [1.807, 2.05) is 18.7 Å². The van der Waals surface area contributed by atoms with Gasteiger partial charge in [-0.3, -0.25) is 4.79 Å². The van der Waals surface area contributed by atoms with Crippen LogP contribution < -0.4 is 0 Å². The van der Waals surface area contributed by atoms with Crippen LogP contribution in [0.25, 0.3) is 0 Å². The fourth-order valence-corrected chi connectivity index (χ4v) is 2.41. The molecule has 5 heteroatoms. The number of carbonyl (C=O) groups is 1. The van der Waals surface area contributed by atoms with Gasteiger partial charge in [-0.2, -0.15) is 0 Å². The summed E-state index contributed by atoms with van der Waals surface area (Å²) in [5, 5.41) is 0. The molecule has 4 nitrogen and oxygen atoms in total. The standard InChI is InChI=1S/C11H20BrNO3/c1-3-15-11(16-4-2)5-6-13-8-9(12)7-10(13)14/h9,11H,3-8H2,1-2H3. The first kappa shape index (κ1) is 13.9. The van der Waals surface area contributed by atoms with Gasteiger partial charge in [0.25, 0.3) is 0 Å². The summed E-state index contributed by atoms with van der Waals surface area (Å²) in [5.41, 5.74) is 0. The SMILES string of the molecule is CCOC(CCN1CC(Br)CC1=O)OCC. The molecular formula is C11H20BrNO3. The Morgan fingerprint density at radius 3 is 2.50 bits per heavy atom. The molecule has 1 unspecified atom stereocenters. The van der Waals surface area contributed by atoms with Crippen LogP contribution >= 0.6 is 15.9 Å². The van der Waals surface area contributed by atoms with Crippen molar-refractivity contribution in [1.29, 1.82) is 0 Å². The number of amides is 1. The lowest BCUT2D eigenvalue weighted by atomic mass is 10.3. The Labute approximate surface area is 105 Å². The van der Waals surface area contributed by atoms with Gasteiger partial charge in [0.2, 0.25) is 5.91 Å². The molecule has 0 spiro atoms. The lowest BCUT2D eigenvalue weighted by molar-refractivity contribution is -0.144. The molecule has 0 aromatic heterocycles. The molecule has 1 rings (SSSR count). The van der Waals surface area contributed by atoms with Crippen molar-refractivity contribution in [2.45, 2.75) is 37.8 Å². The van der Waals surface area contributed by atoms with Gasteiger partial charge in [0.1, 0.15) is 0 Å². The zero-order valence-corrected chi connectivity index (χ0v) is 11.5. The number of hydrogen-bond acceptors (Lipinski definition) is 3. The highest BCUT2D eigenvalue weighted by Gasteiger charge is 2.27. The van der Waals surface area contributed by atoms with Crippen LogP contribution in [0.1, 0.15) is 26.7 Å². The molecule has 0 aromatic rings. The van der Waals surface area contributed by atoms with Crippen LogP contribution in [-0.2, 0) is 14.3 Å². The van der Waals surface area contributed by atoms with E-state index in [1.54, 1.807) is 0 Å². The molecule has 1 amide bonds. The first-order chi connectivity index (χ1) is 7.67. The number of halogens is 1. The molecule has 0 N–H and O–H groups in total. The molecule has 0 bridgehead atoms. The molecule has 94 valence electrons. The lowest BCUT2D eigenvalue weighted by Crippen LogP contribution is -2.30. The second-order valence-electron chi connectivity index (χ2n) is 3.77. The van der Waals surface area contributed by atoms with Crippen LogP contribution in [0, 0.1) is 0 Å². The third-order valence-electron chi connectivity index (χ3n) is 2.51. The molecule has 1 fully saturated rings. The van der Waals surface area contributed by atoms with Crippen molar-refractivity contribution in [2.75, 3.05) is 26.3 Å². The van der Waals surface area contributed by atoms with E-state index in [0.29, 0.717) is 31.0 Å². The smallest absolute Gasteiger partial charge is 0.223 e. The number of alkyl halides is 1. The quantitative estimate of drug-likeness (QED) is 0.530. The normalized spacial score (nSPS) is 21.1. The van der Waals surface area contributed by atoms with E-state index in [4.69, 9.17) is 9.47 Å². The van der Waals surface area contributed by atoms with Crippen molar-refractivity contribution in [2.24, 2.45) is 0 Å². The third-order valence-corrected chi connectivity index (χ3v) is 3.12. The summed E-state index contributed by atoms with van der Waals surface area (Å²) >= 11 is 3.46. The highest BCUT2D eigenvalue weighted by atomic mass is 79.9. The van der Waals surface area contributed by atoms with Crippen molar-refractivity contribution in [3.05, 3.63) is 0 Å². The van der Waals surface area contributed by atoms with Gasteiger partial charge in [0.15, 0.2) is 6.29 Å². The monoisotopic (exact) mass is 293 g/mol. The number of nitrogens with zero attached hydrogens (tertiary/aromatic N) is 1. The zero-order valence-electron chi connectivity index (χ0n) is 9.95. The van der Waals surface area contributed by atoms with Crippen LogP contribution in [0.15, 0.2) is 0 Å². The van der Waals surface area contributed by atoms with Gasteiger partial charge < -0.3 is 14.4 Å². The Morgan fingerprint density at radius 2 is 2.06 bits per heavy atom. The number of carbonyl (C=O) groups excluding carboxylic acids is 1. The average molecular weight is 294 g/mol. The second-order valence-corrected chi connectivity index (χ2v) is 5.07. The topological polar surface area (TPSA) is 38.8 Å². The minimum absolute atomic E-state index is 0.183. The summed E-state index contributed by atoms with van der Waals surface area (Å²) in [4.78, 5) is 13.7. The van der Waals surface area contributed by atoms with Gasteiger partial charge in [-0.05, 0) is 13.8 Å². The van der Waals surface area contributed by atoms with E-state index in [1.165, 1.54) is 0 Å². The molecule has 0 aliphatic carbocycles. The molecule has 0 aromatic carbocycles. The van der Waals surface area contributed by atoms with Gasteiger partial charge in [-0.25, -0.2) is 0 Å². The lowest BCUT2D eigenvalue weighted by Gasteiger charge is -2.21. The number of likely N-dealkylation sites (tertiary alicyclic amines) is 1. The van der Waals surface area contributed by atoms with Crippen molar-refractivity contribution >= 4 is 21.8 Å². The Kier molecular flexibility index (Phi) is 6.31. The zero-order chi connectivity index (χ0) is 12.0. The number of hydrogen-bond donors (Lipinski definition) is 0. The summed E-state index contributed by atoms with van der Waals surface area (Å²) in [7, 11) is 0. The van der Waals surface area contributed by atoms with E-state index in [9.17, 15) is 4.79 Å². The summed E-state index contributed by atoms with van der Waals surface area (Å²) < 4.78 is 10.9. The summed E-state index contributed by atoms with van der Waals surface area (Å²) in [6.45, 7) is 6.68. The Balaban J connectivity index is 2.28. The molecule has 1 atom stereocenters. The minimum Gasteiger partial charge on any atom is -0.353 e. The average Bonchev–Trinajstić information content (AvgIpc) is 2.54. The van der Waals surface area contributed by atoms with Gasteiger partial charge in [0, 0.05) is 44.0 Å². The first-order valence-corrected chi connectivity index (χ1v) is 6.74. The van der Waals surface area contributed by atoms with E-state index in [-0.39, 0.29) is 12.2 Å². The minimum atomic E-state index is -0.183. The van der Waals surface area contributed by atoms with Gasteiger partial charge in [0.05, 0.1) is 0 Å². The van der Waals surface area contributed by atoms with Crippen LogP contribution in [0.4, 0.5) is 0 Å². The van der Waals surface area contributed by atoms with E-state index < -0.39 is 0 Å².